The summed E-state index contributed by atoms with van der Waals surface area (Å²) in [5.41, 5.74) is 0.898. The van der Waals surface area contributed by atoms with Crippen LogP contribution in [0.15, 0.2) is 52.4 Å². The van der Waals surface area contributed by atoms with E-state index in [0.717, 1.165) is 22.3 Å². The van der Waals surface area contributed by atoms with Crippen LogP contribution in [0.2, 0.25) is 0 Å². The first-order valence-corrected chi connectivity index (χ1v) is 11.6. The number of aromatic nitrogens is 1. The predicted octanol–water partition coefficient (Wildman–Crippen LogP) is 2.67. The highest BCUT2D eigenvalue weighted by molar-refractivity contribution is 7.89. The van der Waals surface area contributed by atoms with Crippen LogP contribution in [0.25, 0.3) is 10.2 Å². The van der Waals surface area contributed by atoms with Crippen molar-refractivity contribution in [3.8, 4) is 5.75 Å². The van der Waals surface area contributed by atoms with Crippen LogP contribution in [-0.4, -0.2) is 42.9 Å². The van der Waals surface area contributed by atoms with Crippen molar-refractivity contribution in [1.82, 2.24) is 8.87 Å². The Hall–Kier alpha value is -2.56. The fourth-order valence-corrected chi connectivity index (χ4v) is 6.24. The summed E-state index contributed by atoms with van der Waals surface area (Å²) in [6.07, 6.45) is 0.952. The average Bonchev–Trinajstić information content (AvgIpc) is 3.34. The van der Waals surface area contributed by atoms with Gasteiger partial charge in [0.15, 0.2) is 4.80 Å². The molecule has 1 saturated heterocycles. The minimum Gasteiger partial charge on any atom is -0.497 e. The molecular weight excluding hydrogens is 429 g/mol. The van der Waals surface area contributed by atoms with Gasteiger partial charge in [-0.3, -0.25) is 4.79 Å². The number of halogens is 1. The van der Waals surface area contributed by atoms with Gasteiger partial charge in [-0.25, -0.2) is 12.8 Å². The molecule has 1 unspecified atom stereocenters. The molecule has 30 heavy (non-hydrogen) atoms. The van der Waals surface area contributed by atoms with Crippen LogP contribution in [0, 0.1) is 5.82 Å². The predicted molar refractivity (Wildman–Crippen MR) is 111 cm³/mol. The summed E-state index contributed by atoms with van der Waals surface area (Å²) < 4.78 is 48.3. The fourth-order valence-electron chi connectivity index (χ4n) is 3.53. The number of thiazole rings is 1. The molecule has 10 heteroatoms. The molecular formula is C20H20FN3O4S2. The van der Waals surface area contributed by atoms with Gasteiger partial charge < -0.3 is 9.30 Å². The van der Waals surface area contributed by atoms with Gasteiger partial charge in [0, 0.05) is 13.6 Å². The molecule has 0 spiro atoms. The first-order chi connectivity index (χ1) is 14.3. The number of hydrogen-bond acceptors (Lipinski definition) is 5. The van der Waals surface area contributed by atoms with Crippen LogP contribution < -0.4 is 9.54 Å². The molecule has 158 valence electrons. The third-order valence-corrected chi connectivity index (χ3v) is 8.15. The van der Waals surface area contributed by atoms with E-state index in [2.05, 4.69) is 4.99 Å². The minimum atomic E-state index is -3.92. The first kappa shape index (κ1) is 20.7. The summed E-state index contributed by atoms with van der Waals surface area (Å²) in [7, 11) is -0.532. The summed E-state index contributed by atoms with van der Waals surface area (Å²) in [5, 5.41) is 0. The Balaban J connectivity index is 1.68. The maximum atomic E-state index is 13.2. The Morgan fingerprint density at radius 1 is 1.23 bits per heavy atom. The van der Waals surface area contributed by atoms with E-state index in [4.69, 9.17) is 4.74 Å². The molecule has 4 rings (SSSR count). The lowest BCUT2D eigenvalue weighted by atomic mass is 10.2. The van der Waals surface area contributed by atoms with Crippen LogP contribution in [0.3, 0.4) is 0 Å². The Kier molecular flexibility index (Phi) is 5.48. The van der Waals surface area contributed by atoms with Crippen molar-refractivity contribution in [3.63, 3.8) is 0 Å². The van der Waals surface area contributed by atoms with E-state index in [1.807, 2.05) is 18.2 Å². The molecule has 1 amide bonds. The molecule has 1 atom stereocenters. The van der Waals surface area contributed by atoms with Crippen molar-refractivity contribution in [1.29, 1.82) is 0 Å². The Labute approximate surface area is 177 Å². The summed E-state index contributed by atoms with van der Waals surface area (Å²) >= 11 is 1.33. The van der Waals surface area contributed by atoms with Crippen LogP contribution in [-0.2, 0) is 21.9 Å². The van der Waals surface area contributed by atoms with Crippen LogP contribution in [0.4, 0.5) is 4.39 Å². The van der Waals surface area contributed by atoms with Crippen molar-refractivity contribution in [2.45, 2.75) is 23.8 Å². The van der Waals surface area contributed by atoms with Gasteiger partial charge in [0.1, 0.15) is 17.6 Å². The molecule has 0 bridgehead atoms. The molecule has 0 N–H and O–H groups in total. The molecule has 2 aromatic carbocycles. The molecule has 1 fully saturated rings. The summed E-state index contributed by atoms with van der Waals surface area (Å²) in [5.74, 6) is -0.325. The highest BCUT2D eigenvalue weighted by Gasteiger charge is 2.39. The summed E-state index contributed by atoms with van der Waals surface area (Å²) in [6.45, 7) is 0.224. The lowest BCUT2D eigenvalue weighted by Gasteiger charge is -2.21. The number of hydrogen-bond donors (Lipinski definition) is 0. The second kappa shape index (κ2) is 7.93. The van der Waals surface area contributed by atoms with E-state index in [1.54, 1.807) is 18.7 Å². The first-order valence-electron chi connectivity index (χ1n) is 9.31. The largest absolute Gasteiger partial charge is 0.497 e. The van der Waals surface area contributed by atoms with Gasteiger partial charge in [0.25, 0.3) is 5.91 Å². The number of amides is 1. The van der Waals surface area contributed by atoms with E-state index in [1.165, 1.54) is 27.8 Å². The highest BCUT2D eigenvalue weighted by atomic mass is 32.2. The molecule has 3 aromatic rings. The van der Waals surface area contributed by atoms with Crippen molar-refractivity contribution in [2.75, 3.05) is 13.7 Å². The minimum absolute atomic E-state index is 0.0388. The third kappa shape index (κ3) is 3.66. The third-order valence-electron chi connectivity index (χ3n) is 5.13. The maximum Gasteiger partial charge on any atom is 0.266 e. The molecule has 7 nitrogen and oxygen atoms in total. The van der Waals surface area contributed by atoms with Gasteiger partial charge in [0.2, 0.25) is 10.0 Å². The van der Waals surface area contributed by atoms with E-state index in [0.29, 0.717) is 23.4 Å². The number of nitrogens with zero attached hydrogens (tertiary/aromatic N) is 3. The zero-order chi connectivity index (χ0) is 21.5. The fraction of sp³-hybridized carbons (Fsp3) is 0.300. The van der Waals surface area contributed by atoms with Gasteiger partial charge in [-0.15, -0.1) is 0 Å². The normalized spacial score (nSPS) is 18.2. The summed E-state index contributed by atoms with van der Waals surface area (Å²) in [6, 6.07) is 9.31. The van der Waals surface area contributed by atoms with Gasteiger partial charge in [0.05, 0.1) is 22.2 Å². The molecule has 0 aliphatic carbocycles. The lowest BCUT2D eigenvalue weighted by Crippen LogP contribution is -2.40. The van der Waals surface area contributed by atoms with E-state index >= 15 is 0 Å². The molecule has 1 aliphatic rings. The maximum absolute atomic E-state index is 13.2. The molecule has 0 radical (unpaired) electrons. The number of sulfonamides is 1. The van der Waals surface area contributed by atoms with Crippen LogP contribution in [0.1, 0.15) is 12.8 Å². The molecule has 0 saturated carbocycles. The van der Waals surface area contributed by atoms with Gasteiger partial charge in [-0.05, 0) is 55.3 Å². The van der Waals surface area contributed by atoms with Gasteiger partial charge >= 0.3 is 0 Å². The van der Waals surface area contributed by atoms with E-state index in [9.17, 15) is 17.6 Å². The zero-order valence-electron chi connectivity index (χ0n) is 16.4. The van der Waals surface area contributed by atoms with E-state index in [-0.39, 0.29) is 11.4 Å². The quantitative estimate of drug-likeness (QED) is 0.613. The smallest absolute Gasteiger partial charge is 0.266 e. The van der Waals surface area contributed by atoms with E-state index < -0.39 is 27.8 Å². The topological polar surface area (TPSA) is 81.0 Å². The summed E-state index contributed by atoms with van der Waals surface area (Å²) in [4.78, 5) is 17.6. The number of fused-ring (bicyclic) bond motifs is 1. The van der Waals surface area contributed by atoms with Crippen LogP contribution in [0.5, 0.6) is 5.75 Å². The molecule has 2 heterocycles. The van der Waals surface area contributed by atoms with Crippen LogP contribution >= 0.6 is 11.3 Å². The zero-order valence-corrected chi connectivity index (χ0v) is 18.0. The lowest BCUT2D eigenvalue weighted by molar-refractivity contribution is -0.121. The number of rotatable bonds is 4. The number of benzene rings is 2. The monoisotopic (exact) mass is 449 g/mol. The number of carbonyl (C=O) groups is 1. The van der Waals surface area contributed by atoms with Crippen molar-refractivity contribution >= 4 is 37.5 Å². The molecule has 1 aliphatic heterocycles. The number of carbonyl (C=O) groups excluding carboxylic acids is 1. The van der Waals surface area contributed by atoms with Crippen molar-refractivity contribution in [3.05, 3.63) is 53.1 Å². The number of aryl methyl sites for hydroxylation is 1. The standard InChI is InChI=1S/C20H20FN3O4S2/c1-23-16-10-7-14(28-2)12-18(16)29-20(23)22-19(25)17-4-3-11-24(17)30(26,27)15-8-5-13(21)6-9-15/h5-10,12,17H,3-4,11H2,1-2H3. The Morgan fingerprint density at radius 3 is 2.67 bits per heavy atom. The average molecular weight is 450 g/mol. The van der Waals surface area contributed by atoms with Crippen molar-refractivity contribution in [2.24, 2.45) is 12.0 Å². The Bertz CT molecular complexity index is 1280. The second-order valence-corrected chi connectivity index (χ2v) is 9.85. The van der Waals surface area contributed by atoms with Crippen molar-refractivity contribution < 1.29 is 22.3 Å². The molecule has 1 aromatic heterocycles. The highest BCUT2D eigenvalue weighted by Crippen LogP contribution is 2.27. The second-order valence-electron chi connectivity index (χ2n) is 6.96. The SMILES string of the molecule is COc1ccc2c(c1)sc(=NC(=O)C1CCCN1S(=O)(=O)c1ccc(F)cc1)n2C. The Morgan fingerprint density at radius 2 is 1.97 bits per heavy atom. The number of methoxy groups -OCH3 is 1. The van der Waals surface area contributed by atoms with Gasteiger partial charge in [-0.1, -0.05) is 11.3 Å². The van der Waals surface area contributed by atoms with Gasteiger partial charge in [-0.2, -0.15) is 9.30 Å². The number of ether oxygens (including phenoxy) is 1.